The quantitative estimate of drug-likeness (QED) is 0.440. The highest BCUT2D eigenvalue weighted by molar-refractivity contribution is 8.55. The predicted molar refractivity (Wildman–Crippen MR) is 95.8 cm³/mol. The third-order valence-corrected chi connectivity index (χ3v) is 6.08. The molecule has 0 unspecified atom stereocenters. The van der Waals surface area contributed by atoms with Crippen molar-refractivity contribution >= 4 is 26.4 Å². The molecule has 0 radical (unpaired) electrons. The van der Waals surface area contributed by atoms with Gasteiger partial charge in [-0.3, -0.25) is 4.57 Å². The van der Waals surface area contributed by atoms with Crippen molar-refractivity contribution in [1.29, 1.82) is 0 Å². The van der Waals surface area contributed by atoms with E-state index in [1.807, 2.05) is 13.8 Å². The summed E-state index contributed by atoms with van der Waals surface area (Å²) in [5, 5.41) is 0. The Labute approximate surface area is 139 Å². The van der Waals surface area contributed by atoms with Crippen LogP contribution >= 0.6 is 26.4 Å². The fraction of sp³-hybridized carbons (Fsp3) is 0.833. The molecule has 22 heavy (non-hydrogen) atoms. The molecule has 0 rings (SSSR count). The Morgan fingerprint density at radius 2 is 1.45 bits per heavy atom. The molecule has 136 valence electrons. The van der Waals surface area contributed by atoms with Crippen molar-refractivity contribution in [3.05, 3.63) is 13.2 Å². The van der Waals surface area contributed by atoms with Gasteiger partial charge in [0, 0.05) is 12.3 Å². The summed E-state index contributed by atoms with van der Waals surface area (Å²) in [5.74, 6) is 0.777. The number of nitrogens with zero attached hydrogens (tertiary/aromatic N) is 1. The third-order valence-electron chi connectivity index (χ3n) is 2.13. The molecule has 0 fully saturated rings. The molecule has 0 saturated heterocycles. The fourth-order valence-corrected chi connectivity index (χ4v) is 4.66. The first-order valence-electron chi connectivity index (χ1n) is 7.02. The van der Waals surface area contributed by atoms with Gasteiger partial charge in [-0.05, 0) is 38.3 Å². The Kier molecular flexibility index (Phi) is 24.0. The molecule has 0 aliphatic rings. The minimum absolute atomic E-state index is 0.426. The van der Waals surface area contributed by atoms with Crippen LogP contribution in [0.4, 0.5) is 0 Å². The van der Waals surface area contributed by atoms with Gasteiger partial charge in [-0.1, -0.05) is 13.8 Å². The van der Waals surface area contributed by atoms with Crippen LogP contribution in [0.1, 0.15) is 27.7 Å². The van der Waals surface area contributed by atoms with Crippen LogP contribution in [0.5, 0.6) is 0 Å². The lowest BCUT2D eigenvalue weighted by Gasteiger charge is -2.20. The molecule has 0 heterocycles. The minimum atomic E-state index is -3.13. The first-order chi connectivity index (χ1) is 10.3. The zero-order valence-electron chi connectivity index (χ0n) is 14.0. The first-order valence-corrected chi connectivity index (χ1v) is 11.5. The largest absolute Gasteiger partial charge is 0.389 e. The van der Waals surface area contributed by atoms with E-state index < -0.39 is 15.1 Å². The van der Waals surface area contributed by atoms with E-state index in [0.717, 1.165) is 25.4 Å². The zero-order chi connectivity index (χ0) is 18.0. The molecule has 0 aromatic carbocycles. The van der Waals surface area contributed by atoms with Gasteiger partial charge in [0.25, 0.3) is 0 Å². The summed E-state index contributed by atoms with van der Waals surface area (Å²) in [5.41, 5.74) is 0. The molecule has 2 N–H and O–H groups in total. The summed E-state index contributed by atoms with van der Waals surface area (Å²) in [6.45, 7) is 14.8. The Balaban J connectivity index is -0.000000516. The SMILES string of the molecule is C=C.CCOP(=O)(OCC)SCCN(CC)CC.O=[PH](O)O. The van der Waals surface area contributed by atoms with E-state index in [1.165, 1.54) is 11.4 Å². The number of rotatable bonds is 10. The van der Waals surface area contributed by atoms with E-state index >= 15 is 0 Å². The maximum Gasteiger partial charge on any atom is 0.389 e. The Morgan fingerprint density at radius 1 is 1.09 bits per heavy atom. The first kappa shape index (κ1) is 27.2. The molecule has 0 aromatic heterocycles. The third kappa shape index (κ3) is 20.3. The van der Waals surface area contributed by atoms with Crippen LogP contribution in [-0.2, 0) is 18.2 Å². The second-order valence-corrected chi connectivity index (χ2v) is 8.18. The van der Waals surface area contributed by atoms with Gasteiger partial charge < -0.3 is 23.7 Å². The van der Waals surface area contributed by atoms with Gasteiger partial charge in [0.1, 0.15) is 0 Å². The van der Waals surface area contributed by atoms with E-state index in [0.29, 0.717) is 13.2 Å². The van der Waals surface area contributed by atoms with Crippen LogP contribution in [0, 0.1) is 0 Å². The molecule has 10 heteroatoms. The lowest BCUT2D eigenvalue weighted by Crippen LogP contribution is -2.25. The predicted octanol–water partition coefficient (Wildman–Crippen LogP) is 3.41. The molecule has 0 aromatic rings. The monoisotopic (exact) mass is 379 g/mol. The Bertz CT molecular complexity index is 291. The Hall–Kier alpha value is 0.350. The van der Waals surface area contributed by atoms with Crippen LogP contribution < -0.4 is 0 Å². The van der Waals surface area contributed by atoms with Crippen molar-refractivity contribution in [1.82, 2.24) is 4.90 Å². The molecule has 0 atom stereocenters. The van der Waals surface area contributed by atoms with E-state index in [9.17, 15) is 4.57 Å². The van der Waals surface area contributed by atoms with Crippen LogP contribution in [0.15, 0.2) is 13.2 Å². The standard InChI is InChI=1S/C10H24NO3PS.C2H4.H3O3P/c1-5-11(6-2)9-10-16-15(12,13-7-3)14-8-4;1-2;1-4(2)3/h5-10H2,1-4H3;1-2H2;4H,(H2,1,2,3). The van der Waals surface area contributed by atoms with Crippen molar-refractivity contribution in [3.8, 4) is 0 Å². The highest BCUT2D eigenvalue weighted by Gasteiger charge is 2.24. The van der Waals surface area contributed by atoms with Crippen LogP contribution in [-0.4, -0.2) is 53.3 Å². The highest BCUT2D eigenvalue weighted by atomic mass is 32.7. The van der Waals surface area contributed by atoms with Gasteiger partial charge in [0.15, 0.2) is 0 Å². The molecule has 0 spiro atoms. The van der Waals surface area contributed by atoms with Gasteiger partial charge in [-0.2, -0.15) is 0 Å². The van der Waals surface area contributed by atoms with Crippen molar-refractivity contribution in [2.45, 2.75) is 27.7 Å². The van der Waals surface area contributed by atoms with Gasteiger partial charge >= 0.3 is 15.1 Å². The van der Waals surface area contributed by atoms with Gasteiger partial charge in [0.2, 0.25) is 0 Å². The number of hydrogen-bond donors (Lipinski definition) is 2. The smallest absolute Gasteiger partial charge is 0.326 e. The van der Waals surface area contributed by atoms with Gasteiger partial charge in [-0.25, -0.2) is 4.57 Å². The molecular weight excluding hydrogens is 348 g/mol. The maximum atomic E-state index is 12.1. The average Bonchev–Trinajstić information content (AvgIpc) is 2.46. The number of hydrogen-bond acceptors (Lipinski definition) is 6. The van der Waals surface area contributed by atoms with Gasteiger partial charge in [-0.15, -0.1) is 13.2 Å². The Morgan fingerprint density at radius 3 is 1.73 bits per heavy atom. The van der Waals surface area contributed by atoms with Crippen LogP contribution in [0.2, 0.25) is 0 Å². The summed E-state index contributed by atoms with van der Waals surface area (Å²) >= 11 is 1.30. The molecule has 0 bridgehead atoms. The van der Waals surface area contributed by atoms with E-state index in [2.05, 4.69) is 31.9 Å². The van der Waals surface area contributed by atoms with Crippen molar-refractivity contribution in [3.63, 3.8) is 0 Å². The summed E-state index contributed by atoms with van der Waals surface area (Å²) in [7, 11) is -3.13. The molecule has 7 nitrogen and oxygen atoms in total. The second-order valence-electron chi connectivity index (χ2n) is 3.43. The van der Waals surface area contributed by atoms with Gasteiger partial charge in [0.05, 0.1) is 13.2 Å². The minimum Gasteiger partial charge on any atom is -0.326 e. The molecular formula is C12H31NO6P2S. The average molecular weight is 379 g/mol. The molecule has 0 saturated carbocycles. The van der Waals surface area contributed by atoms with Crippen LogP contribution in [0.25, 0.3) is 0 Å². The lowest BCUT2D eigenvalue weighted by atomic mass is 10.5. The van der Waals surface area contributed by atoms with Crippen LogP contribution in [0.3, 0.4) is 0 Å². The van der Waals surface area contributed by atoms with E-state index in [-0.39, 0.29) is 0 Å². The van der Waals surface area contributed by atoms with Crippen molar-refractivity contribution in [2.75, 3.05) is 38.6 Å². The van der Waals surface area contributed by atoms with Crippen molar-refractivity contribution < 1.29 is 28.0 Å². The zero-order valence-corrected chi connectivity index (χ0v) is 16.7. The summed E-state index contributed by atoms with van der Waals surface area (Å²) < 4.78 is 31.2. The normalized spacial score (nSPS) is 10.7. The molecule has 0 amide bonds. The summed E-state index contributed by atoms with van der Waals surface area (Å²) in [4.78, 5) is 16.6. The summed E-state index contributed by atoms with van der Waals surface area (Å²) in [6, 6.07) is 0. The van der Waals surface area contributed by atoms with Crippen molar-refractivity contribution in [2.24, 2.45) is 0 Å². The lowest BCUT2D eigenvalue weighted by molar-refractivity contribution is 0.236. The molecule has 0 aliphatic heterocycles. The second kappa shape index (κ2) is 19.4. The summed E-state index contributed by atoms with van der Waals surface area (Å²) in [6.07, 6.45) is 0. The topological polar surface area (TPSA) is 96.3 Å². The maximum absolute atomic E-state index is 12.1. The van der Waals surface area contributed by atoms with E-state index in [1.54, 1.807) is 0 Å². The van der Waals surface area contributed by atoms with E-state index in [4.69, 9.17) is 23.4 Å². The molecule has 0 aliphatic carbocycles. The highest BCUT2D eigenvalue weighted by Crippen LogP contribution is 2.60. The fourth-order valence-electron chi connectivity index (χ4n) is 1.25.